The maximum Gasteiger partial charge on any atom is 0.419 e. The molecule has 0 radical (unpaired) electrons. The van der Waals surface area contributed by atoms with Crippen LogP contribution in [0.2, 0.25) is 0 Å². The van der Waals surface area contributed by atoms with Gasteiger partial charge in [0.2, 0.25) is 0 Å². The smallest absolute Gasteiger partial charge is 0.330 e. The summed E-state index contributed by atoms with van der Waals surface area (Å²) in [5.74, 6) is 0.735. The number of nitrogens with zero attached hydrogens (tertiary/aromatic N) is 2. The third kappa shape index (κ3) is 2.68. The quantitative estimate of drug-likeness (QED) is 0.889. The fraction of sp³-hybridized carbons (Fsp3) is 0.750. The molecule has 0 saturated heterocycles. The van der Waals surface area contributed by atoms with Crippen LogP contribution in [0.25, 0.3) is 0 Å². The van der Waals surface area contributed by atoms with E-state index in [1.165, 1.54) is 4.68 Å². The second-order valence-corrected chi connectivity index (χ2v) is 5.19. The van der Waals surface area contributed by atoms with Crippen LogP contribution in [0.15, 0.2) is 12.4 Å². The molecule has 102 valence electrons. The summed E-state index contributed by atoms with van der Waals surface area (Å²) in [7, 11) is 0. The molecule has 6 heteroatoms. The van der Waals surface area contributed by atoms with Crippen molar-refractivity contribution < 1.29 is 13.2 Å². The number of hydrogen-bond donors (Lipinski definition) is 1. The normalized spacial score (nSPS) is 29.5. The molecule has 1 saturated carbocycles. The Morgan fingerprint density at radius 3 is 2.72 bits per heavy atom. The van der Waals surface area contributed by atoms with E-state index in [0.29, 0.717) is 12.5 Å². The van der Waals surface area contributed by atoms with Crippen LogP contribution in [0.4, 0.5) is 13.2 Å². The van der Waals surface area contributed by atoms with Crippen LogP contribution in [-0.2, 0) is 6.18 Å². The Morgan fingerprint density at radius 1 is 1.44 bits per heavy atom. The van der Waals surface area contributed by atoms with Crippen LogP contribution >= 0.6 is 0 Å². The van der Waals surface area contributed by atoms with Crippen molar-refractivity contribution in [1.82, 2.24) is 9.78 Å². The minimum Gasteiger partial charge on any atom is -0.330 e. The molecule has 0 aromatic carbocycles. The van der Waals surface area contributed by atoms with E-state index in [0.717, 1.165) is 31.7 Å². The van der Waals surface area contributed by atoms with Gasteiger partial charge < -0.3 is 5.73 Å². The van der Waals surface area contributed by atoms with Crippen LogP contribution in [-0.4, -0.2) is 16.3 Å². The highest BCUT2D eigenvalue weighted by atomic mass is 19.4. The van der Waals surface area contributed by atoms with E-state index >= 15 is 0 Å². The number of nitrogens with two attached hydrogens (primary N) is 1. The number of halogens is 3. The lowest BCUT2D eigenvalue weighted by Crippen LogP contribution is -2.32. The molecular formula is C12H18F3N3. The summed E-state index contributed by atoms with van der Waals surface area (Å²) in [6, 6.07) is -0.00477. The van der Waals surface area contributed by atoms with Crippen molar-refractivity contribution in [3.63, 3.8) is 0 Å². The van der Waals surface area contributed by atoms with Gasteiger partial charge in [-0.25, -0.2) is 0 Å². The molecule has 0 spiro atoms. The second kappa shape index (κ2) is 4.91. The number of alkyl halides is 3. The molecule has 1 aliphatic rings. The molecule has 3 unspecified atom stereocenters. The highest BCUT2D eigenvalue weighted by Crippen LogP contribution is 2.37. The topological polar surface area (TPSA) is 43.8 Å². The first-order chi connectivity index (χ1) is 8.41. The van der Waals surface area contributed by atoms with Crippen molar-refractivity contribution in [3.05, 3.63) is 18.0 Å². The van der Waals surface area contributed by atoms with Gasteiger partial charge in [-0.05, 0) is 31.2 Å². The van der Waals surface area contributed by atoms with Gasteiger partial charge in [0.1, 0.15) is 0 Å². The summed E-state index contributed by atoms with van der Waals surface area (Å²) in [6.45, 7) is 2.62. The van der Waals surface area contributed by atoms with E-state index in [4.69, 9.17) is 5.73 Å². The molecular weight excluding hydrogens is 243 g/mol. The molecule has 0 bridgehead atoms. The highest BCUT2D eigenvalue weighted by molar-refractivity contribution is 5.09. The van der Waals surface area contributed by atoms with Gasteiger partial charge in [-0.2, -0.15) is 18.3 Å². The van der Waals surface area contributed by atoms with Gasteiger partial charge in [0, 0.05) is 6.20 Å². The lowest BCUT2D eigenvalue weighted by molar-refractivity contribution is -0.137. The zero-order chi connectivity index (χ0) is 13.3. The first-order valence-electron chi connectivity index (χ1n) is 6.23. The standard InChI is InChI=1S/C12H18F3N3/c1-8-2-3-9(5-16)11(4-8)18-7-10(6-17-18)12(13,14)15/h6-9,11H,2-5,16H2,1H3. The van der Waals surface area contributed by atoms with E-state index in [9.17, 15) is 13.2 Å². The number of hydrogen-bond acceptors (Lipinski definition) is 2. The lowest BCUT2D eigenvalue weighted by atomic mass is 9.79. The molecule has 1 aliphatic carbocycles. The molecule has 0 amide bonds. The zero-order valence-corrected chi connectivity index (χ0v) is 10.3. The maximum absolute atomic E-state index is 12.5. The van der Waals surface area contributed by atoms with Gasteiger partial charge >= 0.3 is 6.18 Å². The van der Waals surface area contributed by atoms with E-state index < -0.39 is 11.7 Å². The molecule has 2 rings (SSSR count). The summed E-state index contributed by atoms with van der Waals surface area (Å²) in [5.41, 5.74) is 5.02. The minimum atomic E-state index is -4.32. The Labute approximate surface area is 104 Å². The number of rotatable bonds is 2. The predicted octanol–water partition coefficient (Wildman–Crippen LogP) is 2.84. The van der Waals surface area contributed by atoms with Gasteiger partial charge in [0.05, 0.1) is 17.8 Å². The van der Waals surface area contributed by atoms with Crippen LogP contribution in [0.5, 0.6) is 0 Å². The van der Waals surface area contributed by atoms with E-state index in [2.05, 4.69) is 12.0 Å². The molecule has 1 fully saturated rings. The SMILES string of the molecule is CC1CCC(CN)C(n2cc(C(F)(F)F)cn2)C1. The van der Waals surface area contributed by atoms with Gasteiger partial charge in [0.15, 0.2) is 0 Å². The lowest BCUT2D eigenvalue weighted by Gasteiger charge is -2.34. The molecule has 3 nitrogen and oxygen atoms in total. The zero-order valence-electron chi connectivity index (χ0n) is 10.3. The van der Waals surface area contributed by atoms with Crippen molar-refractivity contribution >= 4 is 0 Å². The second-order valence-electron chi connectivity index (χ2n) is 5.19. The molecule has 3 atom stereocenters. The van der Waals surface area contributed by atoms with Crippen LogP contribution in [0.1, 0.15) is 37.8 Å². The predicted molar refractivity (Wildman–Crippen MR) is 61.8 cm³/mol. The van der Waals surface area contributed by atoms with Gasteiger partial charge in [0.25, 0.3) is 0 Å². The average molecular weight is 261 g/mol. The van der Waals surface area contributed by atoms with E-state index in [1.807, 2.05) is 0 Å². The van der Waals surface area contributed by atoms with Crippen molar-refractivity contribution in [2.75, 3.05) is 6.54 Å². The molecule has 2 N–H and O–H groups in total. The summed E-state index contributed by atoms with van der Waals surface area (Å²) < 4.78 is 39.1. The average Bonchev–Trinajstić information content (AvgIpc) is 2.77. The highest BCUT2D eigenvalue weighted by Gasteiger charge is 2.35. The van der Waals surface area contributed by atoms with Crippen molar-refractivity contribution in [1.29, 1.82) is 0 Å². The molecule has 1 heterocycles. The third-order valence-electron chi connectivity index (χ3n) is 3.79. The van der Waals surface area contributed by atoms with Crippen LogP contribution < -0.4 is 5.73 Å². The Hall–Kier alpha value is -1.04. The largest absolute Gasteiger partial charge is 0.419 e. The fourth-order valence-corrected chi connectivity index (χ4v) is 2.68. The monoisotopic (exact) mass is 261 g/mol. The van der Waals surface area contributed by atoms with Crippen LogP contribution in [0, 0.1) is 11.8 Å². The Balaban J connectivity index is 2.20. The van der Waals surface area contributed by atoms with Gasteiger partial charge in [-0.15, -0.1) is 0 Å². The van der Waals surface area contributed by atoms with Gasteiger partial charge in [-0.1, -0.05) is 13.3 Å². The summed E-state index contributed by atoms with van der Waals surface area (Å²) in [4.78, 5) is 0. The summed E-state index contributed by atoms with van der Waals surface area (Å²) >= 11 is 0. The van der Waals surface area contributed by atoms with Crippen molar-refractivity contribution in [2.24, 2.45) is 17.6 Å². The van der Waals surface area contributed by atoms with E-state index in [1.54, 1.807) is 0 Å². The van der Waals surface area contributed by atoms with Crippen LogP contribution in [0.3, 0.4) is 0 Å². The summed E-state index contributed by atoms with van der Waals surface area (Å²) in [5, 5.41) is 3.88. The Kier molecular flexibility index (Phi) is 3.66. The number of aromatic nitrogens is 2. The van der Waals surface area contributed by atoms with E-state index in [-0.39, 0.29) is 12.0 Å². The Bertz CT molecular complexity index is 400. The fourth-order valence-electron chi connectivity index (χ4n) is 2.68. The van der Waals surface area contributed by atoms with Gasteiger partial charge in [-0.3, -0.25) is 4.68 Å². The molecule has 1 aromatic heterocycles. The Morgan fingerprint density at radius 2 is 2.17 bits per heavy atom. The van der Waals surface area contributed by atoms with Crippen molar-refractivity contribution in [2.45, 2.75) is 38.4 Å². The van der Waals surface area contributed by atoms with Crippen molar-refractivity contribution in [3.8, 4) is 0 Å². The first-order valence-corrected chi connectivity index (χ1v) is 6.23. The first kappa shape index (κ1) is 13.4. The minimum absolute atomic E-state index is 0.00477. The maximum atomic E-state index is 12.5. The summed E-state index contributed by atoms with van der Waals surface area (Å²) in [6.07, 6.45) is 0.575. The molecule has 1 aromatic rings. The molecule has 0 aliphatic heterocycles. The third-order valence-corrected chi connectivity index (χ3v) is 3.79. The molecule has 18 heavy (non-hydrogen) atoms.